The normalized spacial score (nSPS) is 16.3. The first-order chi connectivity index (χ1) is 4.93. The summed E-state index contributed by atoms with van der Waals surface area (Å²) in [5, 5.41) is 0. The Hall–Kier alpha value is -0.690. The molecule has 0 amide bonds. The fourth-order valence-corrected chi connectivity index (χ4v) is 1.11. The van der Waals surface area contributed by atoms with Gasteiger partial charge in [-0.2, -0.15) is 0 Å². The average Bonchev–Trinajstić information content (AvgIpc) is 1.87. The molecule has 0 heterocycles. The van der Waals surface area contributed by atoms with Crippen LogP contribution in [0.25, 0.3) is 0 Å². The lowest BCUT2D eigenvalue weighted by Crippen LogP contribution is -1.68. The van der Waals surface area contributed by atoms with Crippen molar-refractivity contribution < 1.29 is 0 Å². The Balaban J connectivity index is 2.73. The van der Waals surface area contributed by atoms with Crippen LogP contribution < -0.4 is 0 Å². The molecular weight excluding hydrogens is 140 g/mol. The van der Waals surface area contributed by atoms with E-state index in [1.807, 2.05) is 30.4 Å². The van der Waals surface area contributed by atoms with E-state index in [9.17, 15) is 0 Å². The van der Waals surface area contributed by atoms with Gasteiger partial charge in [0, 0.05) is 4.91 Å². The summed E-state index contributed by atoms with van der Waals surface area (Å²) in [6.07, 6.45) is 16.5. The maximum absolute atomic E-state index is 2.10. The van der Waals surface area contributed by atoms with Gasteiger partial charge in [-0.25, -0.2) is 0 Å². The Labute approximate surface area is 66.0 Å². The van der Waals surface area contributed by atoms with Crippen molar-refractivity contribution in [1.82, 2.24) is 0 Å². The van der Waals surface area contributed by atoms with Gasteiger partial charge in [0.15, 0.2) is 0 Å². The molecule has 0 radical (unpaired) electrons. The van der Waals surface area contributed by atoms with Gasteiger partial charge in [-0.3, -0.25) is 0 Å². The maximum atomic E-state index is 2.10. The van der Waals surface area contributed by atoms with E-state index in [1.54, 1.807) is 11.8 Å². The molecule has 1 heteroatoms. The first kappa shape index (κ1) is 7.42. The largest absolute Gasteiger partial charge is 0.130 e. The van der Waals surface area contributed by atoms with Crippen LogP contribution in [0.1, 0.15) is 0 Å². The Kier molecular flexibility index (Phi) is 3.10. The van der Waals surface area contributed by atoms with Gasteiger partial charge in [0.05, 0.1) is 0 Å². The van der Waals surface area contributed by atoms with Crippen molar-refractivity contribution in [3.05, 3.63) is 47.4 Å². The Morgan fingerprint density at radius 3 is 2.50 bits per heavy atom. The van der Waals surface area contributed by atoms with E-state index in [0.717, 1.165) is 0 Å². The zero-order chi connectivity index (χ0) is 7.23. The summed E-state index contributed by atoms with van der Waals surface area (Å²) in [5.74, 6) is 0. The van der Waals surface area contributed by atoms with Crippen molar-refractivity contribution >= 4 is 11.8 Å². The third-order valence-electron chi connectivity index (χ3n) is 1.20. The monoisotopic (exact) mass is 150 g/mol. The van der Waals surface area contributed by atoms with Gasteiger partial charge in [0.1, 0.15) is 0 Å². The molecule has 0 spiro atoms. The molecule has 0 nitrogen and oxygen atoms in total. The molecular formula is C9H10S. The summed E-state index contributed by atoms with van der Waals surface area (Å²) in [5.41, 5.74) is 0. The SMILES string of the molecule is CSC1=CC=CC=CC=C1. The van der Waals surface area contributed by atoms with Crippen LogP contribution in [0.2, 0.25) is 0 Å². The first-order valence-corrected chi connectivity index (χ1v) is 4.41. The van der Waals surface area contributed by atoms with Crippen molar-refractivity contribution in [2.75, 3.05) is 6.26 Å². The smallest absolute Gasteiger partial charge is 0.00691 e. The van der Waals surface area contributed by atoms with Crippen LogP contribution in [-0.4, -0.2) is 6.26 Å². The molecule has 52 valence electrons. The molecule has 0 saturated heterocycles. The van der Waals surface area contributed by atoms with Gasteiger partial charge >= 0.3 is 0 Å². The van der Waals surface area contributed by atoms with Crippen LogP contribution in [0.15, 0.2) is 47.4 Å². The summed E-state index contributed by atoms with van der Waals surface area (Å²) in [4.78, 5) is 1.29. The number of thioether (sulfide) groups is 1. The highest BCUT2D eigenvalue weighted by atomic mass is 32.2. The van der Waals surface area contributed by atoms with Gasteiger partial charge in [-0.05, 0) is 18.4 Å². The van der Waals surface area contributed by atoms with Crippen molar-refractivity contribution in [3.8, 4) is 0 Å². The minimum absolute atomic E-state index is 1.29. The minimum Gasteiger partial charge on any atom is -0.130 e. The molecule has 0 aromatic rings. The van der Waals surface area contributed by atoms with Crippen LogP contribution >= 0.6 is 11.8 Å². The van der Waals surface area contributed by atoms with Crippen molar-refractivity contribution in [2.45, 2.75) is 0 Å². The third kappa shape index (κ3) is 2.28. The Bertz CT molecular complexity index is 207. The molecule has 0 aliphatic heterocycles. The lowest BCUT2D eigenvalue weighted by atomic mass is 10.3. The van der Waals surface area contributed by atoms with E-state index in [2.05, 4.69) is 18.4 Å². The molecule has 1 aliphatic carbocycles. The van der Waals surface area contributed by atoms with Crippen molar-refractivity contribution in [2.24, 2.45) is 0 Å². The van der Waals surface area contributed by atoms with Gasteiger partial charge < -0.3 is 0 Å². The van der Waals surface area contributed by atoms with Gasteiger partial charge in [-0.1, -0.05) is 30.4 Å². The molecule has 0 saturated carbocycles. The molecule has 0 N–H and O–H groups in total. The van der Waals surface area contributed by atoms with E-state index < -0.39 is 0 Å². The van der Waals surface area contributed by atoms with E-state index >= 15 is 0 Å². The van der Waals surface area contributed by atoms with Crippen LogP contribution in [0.3, 0.4) is 0 Å². The molecule has 1 rings (SSSR count). The lowest BCUT2D eigenvalue weighted by molar-refractivity contribution is 1.78. The summed E-state index contributed by atoms with van der Waals surface area (Å²) < 4.78 is 0. The maximum Gasteiger partial charge on any atom is 0.00691 e. The Morgan fingerprint density at radius 1 is 1.00 bits per heavy atom. The highest BCUT2D eigenvalue weighted by Crippen LogP contribution is 2.13. The number of allylic oxidation sites excluding steroid dienone is 7. The van der Waals surface area contributed by atoms with Crippen LogP contribution in [0.4, 0.5) is 0 Å². The summed E-state index contributed by atoms with van der Waals surface area (Å²) in [7, 11) is 0. The third-order valence-corrected chi connectivity index (χ3v) is 1.94. The van der Waals surface area contributed by atoms with Crippen LogP contribution in [0, 0.1) is 0 Å². The summed E-state index contributed by atoms with van der Waals surface area (Å²) in [6.45, 7) is 0. The predicted molar refractivity (Wildman–Crippen MR) is 49.0 cm³/mol. The first-order valence-electron chi connectivity index (χ1n) is 3.19. The Morgan fingerprint density at radius 2 is 1.70 bits per heavy atom. The quantitative estimate of drug-likeness (QED) is 0.554. The van der Waals surface area contributed by atoms with E-state index in [4.69, 9.17) is 0 Å². The molecule has 0 aromatic carbocycles. The zero-order valence-corrected chi connectivity index (χ0v) is 6.77. The molecule has 10 heavy (non-hydrogen) atoms. The van der Waals surface area contributed by atoms with E-state index in [-0.39, 0.29) is 0 Å². The second-order valence-corrected chi connectivity index (χ2v) is 2.78. The summed E-state index contributed by atoms with van der Waals surface area (Å²) >= 11 is 1.76. The molecule has 0 unspecified atom stereocenters. The van der Waals surface area contributed by atoms with Gasteiger partial charge in [0.2, 0.25) is 0 Å². The van der Waals surface area contributed by atoms with E-state index in [0.29, 0.717) is 0 Å². The highest BCUT2D eigenvalue weighted by molar-refractivity contribution is 8.02. The second kappa shape index (κ2) is 4.18. The summed E-state index contributed by atoms with van der Waals surface area (Å²) in [6, 6.07) is 0. The van der Waals surface area contributed by atoms with Crippen molar-refractivity contribution in [3.63, 3.8) is 0 Å². The van der Waals surface area contributed by atoms with Crippen LogP contribution in [-0.2, 0) is 0 Å². The van der Waals surface area contributed by atoms with Gasteiger partial charge in [-0.15, -0.1) is 11.8 Å². The molecule has 1 aliphatic rings. The average molecular weight is 150 g/mol. The highest BCUT2D eigenvalue weighted by Gasteiger charge is 1.84. The fourth-order valence-electron chi connectivity index (χ4n) is 0.685. The van der Waals surface area contributed by atoms with Crippen molar-refractivity contribution in [1.29, 1.82) is 0 Å². The second-order valence-electron chi connectivity index (χ2n) is 1.90. The molecule has 0 bridgehead atoms. The predicted octanol–water partition coefficient (Wildman–Crippen LogP) is 2.92. The molecule has 0 atom stereocenters. The fraction of sp³-hybridized carbons (Fsp3) is 0.111. The number of hydrogen-bond donors (Lipinski definition) is 0. The minimum atomic E-state index is 1.29. The van der Waals surface area contributed by atoms with E-state index in [1.165, 1.54) is 4.91 Å². The molecule has 0 aromatic heterocycles. The molecule has 0 fully saturated rings. The van der Waals surface area contributed by atoms with Gasteiger partial charge in [0.25, 0.3) is 0 Å². The topological polar surface area (TPSA) is 0 Å². The lowest BCUT2D eigenvalue weighted by Gasteiger charge is -1.93. The zero-order valence-electron chi connectivity index (χ0n) is 5.95. The number of rotatable bonds is 1. The standard InChI is InChI=1S/C9H10S/c1-10-9-7-5-3-2-4-6-8-9/h2-8H,1H3. The number of hydrogen-bond acceptors (Lipinski definition) is 1. The van der Waals surface area contributed by atoms with Crippen LogP contribution in [0.5, 0.6) is 0 Å².